The van der Waals surface area contributed by atoms with Crippen molar-refractivity contribution in [2.75, 3.05) is 20.2 Å². The van der Waals surface area contributed by atoms with E-state index in [0.29, 0.717) is 5.56 Å². The number of carbonyl (C=O) groups excluding carboxylic acids is 3. The minimum absolute atomic E-state index is 0.153. The van der Waals surface area contributed by atoms with Crippen molar-refractivity contribution < 1.29 is 19.1 Å². The van der Waals surface area contributed by atoms with Gasteiger partial charge in [-0.3, -0.25) is 9.59 Å². The van der Waals surface area contributed by atoms with Gasteiger partial charge in [-0.2, -0.15) is 0 Å². The highest BCUT2D eigenvalue weighted by atomic mass is 32.1. The zero-order valence-electron chi connectivity index (χ0n) is 11.2. The van der Waals surface area contributed by atoms with Crippen LogP contribution in [0, 0.1) is 0 Å². The highest BCUT2D eigenvalue weighted by Crippen LogP contribution is 2.19. The zero-order chi connectivity index (χ0) is 15.2. The van der Waals surface area contributed by atoms with Crippen LogP contribution in [0.25, 0.3) is 10.2 Å². The highest BCUT2D eigenvalue weighted by molar-refractivity contribution is 7.16. The molecule has 2 amide bonds. The Bertz CT molecular complexity index is 683. The average molecular weight is 307 g/mol. The van der Waals surface area contributed by atoms with Crippen LogP contribution in [0.15, 0.2) is 23.7 Å². The second-order valence-corrected chi connectivity index (χ2v) is 4.95. The number of rotatable bonds is 5. The number of hydrogen-bond acceptors (Lipinski definition) is 6. The smallest absolute Gasteiger partial charge is 0.338 e. The molecule has 0 spiro atoms. The summed E-state index contributed by atoms with van der Waals surface area (Å²) in [6.45, 7) is -0.587. The number of carbonyl (C=O) groups is 3. The monoisotopic (exact) mass is 307 g/mol. The molecule has 7 nitrogen and oxygen atoms in total. The molecule has 0 unspecified atom stereocenters. The van der Waals surface area contributed by atoms with Crippen LogP contribution in [0.1, 0.15) is 10.4 Å². The summed E-state index contributed by atoms with van der Waals surface area (Å²) in [7, 11) is 1.46. The first kappa shape index (κ1) is 14.9. The van der Waals surface area contributed by atoms with Gasteiger partial charge in [-0.25, -0.2) is 9.78 Å². The summed E-state index contributed by atoms with van der Waals surface area (Å²) < 4.78 is 5.75. The topological polar surface area (TPSA) is 97.4 Å². The van der Waals surface area contributed by atoms with Crippen LogP contribution in [0.4, 0.5) is 0 Å². The van der Waals surface area contributed by atoms with Crippen LogP contribution >= 0.6 is 11.3 Å². The zero-order valence-corrected chi connectivity index (χ0v) is 12.0. The number of hydrogen-bond donors (Lipinski definition) is 2. The molecule has 2 rings (SSSR count). The summed E-state index contributed by atoms with van der Waals surface area (Å²) in [6.07, 6.45) is 0. The molecule has 0 aliphatic rings. The van der Waals surface area contributed by atoms with Gasteiger partial charge in [0.05, 0.1) is 27.8 Å². The van der Waals surface area contributed by atoms with Crippen molar-refractivity contribution in [1.29, 1.82) is 0 Å². The van der Waals surface area contributed by atoms with E-state index in [1.54, 1.807) is 23.7 Å². The predicted molar refractivity (Wildman–Crippen MR) is 77.0 cm³/mol. The van der Waals surface area contributed by atoms with Gasteiger partial charge in [-0.05, 0) is 18.2 Å². The molecule has 0 saturated carbocycles. The van der Waals surface area contributed by atoms with Gasteiger partial charge in [0.25, 0.3) is 5.91 Å². The first-order chi connectivity index (χ1) is 10.1. The van der Waals surface area contributed by atoms with Crippen LogP contribution in [0.2, 0.25) is 0 Å². The van der Waals surface area contributed by atoms with Gasteiger partial charge >= 0.3 is 5.97 Å². The third kappa shape index (κ3) is 3.99. The minimum atomic E-state index is -0.597. The van der Waals surface area contributed by atoms with Crippen LogP contribution in [-0.2, 0) is 14.3 Å². The summed E-state index contributed by atoms with van der Waals surface area (Å²) >= 11 is 1.41. The molecule has 21 heavy (non-hydrogen) atoms. The Morgan fingerprint density at radius 2 is 2.10 bits per heavy atom. The Labute approximate surface area is 124 Å². The van der Waals surface area contributed by atoms with Gasteiger partial charge in [0.15, 0.2) is 6.61 Å². The van der Waals surface area contributed by atoms with Crippen molar-refractivity contribution in [3.05, 3.63) is 29.3 Å². The van der Waals surface area contributed by atoms with E-state index in [9.17, 15) is 14.4 Å². The number of nitrogens with zero attached hydrogens (tertiary/aromatic N) is 1. The number of aromatic nitrogens is 1. The van der Waals surface area contributed by atoms with Gasteiger partial charge in [-0.1, -0.05) is 0 Å². The van der Waals surface area contributed by atoms with Crippen molar-refractivity contribution in [2.24, 2.45) is 0 Å². The molecule has 0 saturated heterocycles. The number of esters is 1. The van der Waals surface area contributed by atoms with E-state index in [-0.39, 0.29) is 12.5 Å². The Kier molecular flexibility index (Phi) is 4.83. The lowest BCUT2D eigenvalue weighted by Gasteiger charge is -2.06. The number of ether oxygens (including phenoxy) is 1. The first-order valence-corrected chi connectivity index (χ1v) is 6.96. The molecular weight excluding hydrogens is 294 g/mol. The molecule has 0 fully saturated rings. The van der Waals surface area contributed by atoms with E-state index in [2.05, 4.69) is 15.6 Å². The number of thiazole rings is 1. The van der Waals surface area contributed by atoms with Gasteiger partial charge in [0.1, 0.15) is 0 Å². The third-order valence-electron chi connectivity index (χ3n) is 2.63. The van der Waals surface area contributed by atoms with E-state index in [0.717, 1.165) is 10.2 Å². The molecule has 1 aromatic heterocycles. The van der Waals surface area contributed by atoms with Crippen molar-refractivity contribution in [3.8, 4) is 0 Å². The van der Waals surface area contributed by atoms with Gasteiger partial charge in [0, 0.05) is 7.05 Å². The summed E-state index contributed by atoms with van der Waals surface area (Å²) in [6, 6.07) is 4.97. The molecular formula is C13H13N3O4S. The van der Waals surface area contributed by atoms with Crippen molar-refractivity contribution in [3.63, 3.8) is 0 Å². The predicted octanol–water partition coefficient (Wildman–Crippen LogP) is 0.315. The number of fused-ring (bicyclic) bond motifs is 1. The SMILES string of the molecule is CNC(=O)CNC(=O)COC(=O)c1ccc2ncsc2c1. The molecule has 2 aromatic rings. The quantitative estimate of drug-likeness (QED) is 0.775. The maximum atomic E-state index is 11.8. The van der Waals surface area contributed by atoms with Gasteiger partial charge < -0.3 is 15.4 Å². The molecule has 110 valence electrons. The van der Waals surface area contributed by atoms with Crippen molar-refractivity contribution in [2.45, 2.75) is 0 Å². The van der Waals surface area contributed by atoms with Crippen LogP contribution in [-0.4, -0.2) is 43.0 Å². The lowest BCUT2D eigenvalue weighted by Crippen LogP contribution is -2.37. The van der Waals surface area contributed by atoms with Gasteiger partial charge in [0.2, 0.25) is 5.91 Å². The lowest BCUT2D eigenvalue weighted by atomic mass is 10.2. The fourth-order valence-corrected chi connectivity index (χ4v) is 2.23. The third-order valence-corrected chi connectivity index (χ3v) is 3.42. The number of amides is 2. The molecule has 0 radical (unpaired) electrons. The maximum Gasteiger partial charge on any atom is 0.338 e. The van der Waals surface area contributed by atoms with Crippen molar-refractivity contribution in [1.82, 2.24) is 15.6 Å². The first-order valence-electron chi connectivity index (χ1n) is 6.08. The largest absolute Gasteiger partial charge is 0.452 e. The normalized spacial score (nSPS) is 10.1. The molecule has 0 bridgehead atoms. The summed E-state index contributed by atoms with van der Waals surface area (Å²) in [5, 5.41) is 4.69. The summed E-state index contributed by atoms with van der Waals surface area (Å²) in [5.41, 5.74) is 2.84. The Hall–Kier alpha value is -2.48. The maximum absolute atomic E-state index is 11.8. The van der Waals surface area contributed by atoms with Crippen LogP contribution in [0.3, 0.4) is 0 Å². The standard InChI is InChI=1S/C13H13N3O4S/c1-14-11(17)5-15-12(18)6-20-13(19)8-2-3-9-10(4-8)21-7-16-9/h2-4,7H,5-6H2,1H3,(H,14,17)(H,15,18). The molecule has 2 N–H and O–H groups in total. The molecule has 0 aliphatic heterocycles. The average Bonchev–Trinajstić information content (AvgIpc) is 2.97. The van der Waals surface area contributed by atoms with E-state index in [4.69, 9.17) is 4.74 Å². The molecule has 1 heterocycles. The van der Waals surface area contributed by atoms with E-state index in [1.165, 1.54) is 18.4 Å². The fourth-order valence-electron chi connectivity index (χ4n) is 1.51. The molecule has 1 aromatic carbocycles. The molecule has 0 aliphatic carbocycles. The number of nitrogens with one attached hydrogen (secondary N) is 2. The Morgan fingerprint density at radius 3 is 2.86 bits per heavy atom. The lowest BCUT2D eigenvalue weighted by molar-refractivity contribution is -0.127. The summed E-state index contributed by atoms with van der Waals surface area (Å²) in [5.74, 6) is -1.46. The number of benzene rings is 1. The van der Waals surface area contributed by atoms with E-state index in [1.807, 2.05) is 0 Å². The molecule has 8 heteroatoms. The van der Waals surface area contributed by atoms with Crippen molar-refractivity contribution >= 4 is 39.3 Å². The summed E-state index contributed by atoms with van der Waals surface area (Å²) in [4.78, 5) is 38.2. The fraction of sp³-hybridized carbons (Fsp3) is 0.231. The minimum Gasteiger partial charge on any atom is -0.452 e. The Balaban J connectivity index is 1.86. The highest BCUT2D eigenvalue weighted by Gasteiger charge is 2.12. The van der Waals surface area contributed by atoms with Crippen LogP contribution < -0.4 is 10.6 Å². The van der Waals surface area contributed by atoms with Gasteiger partial charge in [-0.15, -0.1) is 11.3 Å². The van der Waals surface area contributed by atoms with E-state index >= 15 is 0 Å². The molecule has 0 atom stereocenters. The Morgan fingerprint density at radius 1 is 1.29 bits per heavy atom. The van der Waals surface area contributed by atoms with Crippen LogP contribution in [0.5, 0.6) is 0 Å². The second-order valence-electron chi connectivity index (χ2n) is 4.06. The number of likely N-dealkylation sites (N-methyl/N-ethyl adjacent to an activating group) is 1. The van der Waals surface area contributed by atoms with E-state index < -0.39 is 18.5 Å². The second kappa shape index (κ2) is 6.80.